The molecule has 1 N–H and O–H groups in total. The zero-order chi connectivity index (χ0) is 15.0. The maximum Gasteiger partial charge on any atom is 0.217 e. The van der Waals surface area contributed by atoms with Crippen LogP contribution in [-0.2, 0) is 9.16 Å². The maximum absolute atomic E-state index is 10.4. The third-order valence-electron chi connectivity index (χ3n) is 3.96. The fourth-order valence-corrected chi connectivity index (χ4v) is 5.42. The van der Waals surface area contributed by atoms with Gasteiger partial charge in [0.1, 0.15) is 0 Å². The average molecular weight is 293 g/mol. The highest BCUT2D eigenvalue weighted by Crippen LogP contribution is 2.33. The number of ether oxygens (including phenoxy) is 1. The second-order valence-electron chi connectivity index (χ2n) is 7.36. The molecule has 0 unspecified atom stereocenters. The van der Waals surface area contributed by atoms with Crippen molar-refractivity contribution in [2.45, 2.75) is 84.3 Å². The lowest BCUT2D eigenvalue weighted by Gasteiger charge is -2.47. The molecule has 0 heterocycles. The van der Waals surface area contributed by atoms with Crippen LogP contribution in [0.5, 0.6) is 0 Å². The summed E-state index contributed by atoms with van der Waals surface area (Å²) in [5.41, 5.74) is 0. The predicted octanol–water partition coefficient (Wildman–Crippen LogP) is 3.47. The van der Waals surface area contributed by atoms with Crippen LogP contribution in [-0.4, -0.2) is 38.0 Å². The molecule has 0 amide bonds. The van der Waals surface area contributed by atoms with E-state index in [0.717, 1.165) is 0 Å². The zero-order valence-corrected chi connectivity index (χ0v) is 15.8. The van der Waals surface area contributed by atoms with Crippen LogP contribution < -0.4 is 0 Å². The van der Waals surface area contributed by atoms with Crippen LogP contribution in [0.1, 0.15) is 41.5 Å². The van der Waals surface area contributed by atoms with Gasteiger partial charge in [-0.1, -0.05) is 0 Å². The molecule has 0 spiro atoms. The molecule has 0 aromatic heterocycles. The van der Waals surface area contributed by atoms with E-state index in [2.05, 4.69) is 26.9 Å². The predicted molar refractivity (Wildman–Crippen MR) is 82.6 cm³/mol. The fourth-order valence-electron chi connectivity index (χ4n) is 1.62. The van der Waals surface area contributed by atoms with Crippen LogP contribution in [0.2, 0.25) is 26.2 Å². The molecule has 5 heteroatoms. The highest BCUT2D eigenvalue weighted by molar-refractivity contribution is 6.77. The molecule has 0 saturated carbocycles. The lowest BCUT2D eigenvalue weighted by molar-refractivity contribution is -0.0271. The second kappa shape index (κ2) is 5.36. The molecule has 0 rings (SSSR count). The molecular formula is C13H32O3Si2. The van der Waals surface area contributed by atoms with Gasteiger partial charge in [-0.2, -0.15) is 0 Å². The third kappa shape index (κ3) is 4.45. The molecule has 0 fully saturated rings. The summed E-state index contributed by atoms with van der Waals surface area (Å²) in [6.07, 6.45) is 0.179. The second-order valence-corrected chi connectivity index (χ2v) is 16.1. The van der Waals surface area contributed by atoms with Crippen molar-refractivity contribution in [2.75, 3.05) is 0 Å². The molecule has 0 aliphatic heterocycles. The normalized spacial score (nSPS) is 15.3. The Balaban J connectivity index is 5.06. The maximum atomic E-state index is 10.4. The molecule has 0 aliphatic carbocycles. The van der Waals surface area contributed by atoms with Crippen molar-refractivity contribution in [1.29, 1.82) is 0 Å². The Morgan fingerprint density at radius 3 is 1.56 bits per heavy atom. The Morgan fingerprint density at radius 2 is 1.28 bits per heavy atom. The highest BCUT2D eigenvalue weighted by atomic mass is 28.4. The average Bonchev–Trinajstić information content (AvgIpc) is 1.95. The summed E-state index contributed by atoms with van der Waals surface area (Å²) in [5.74, 6) is 0. The van der Waals surface area contributed by atoms with Crippen molar-refractivity contribution >= 4 is 16.6 Å². The monoisotopic (exact) mass is 292 g/mol. The van der Waals surface area contributed by atoms with Gasteiger partial charge in [0.25, 0.3) is 0 Å². The smallest absolute Gasteiger partial charge is 0.217 e. The van der Waals surface area contributed by atoms with Crippen molar-refractivity contribution in [3.63, 3.8) is 0 Å². The van der Waals surface area contributed by atoms with Crippen LogP contribution in [0.3, 0.4) is 0 Å². The summed E-state index contributed by atoms with van der Waals surface area (Å²) in [5, 5.41) is -0.738. The van der Waals surface area contributed by atoms with Crippen LogP contribution in [0.15, 0.2) is 0 Å². The zero-order valence-electron chi connectivity index (χ0n) is 13.8. The van der Waals surface area contributed by atoms with Gasteiger partial charge in [-0.15, -0.1) is 0 Å². The summed E-state index contributed by atoms with van der Waals surface area (Å²) in [6, 6.07) is 0. The van der Waals surface area contributed by atoms with Crippen LogP contribution in [0.4, 0.5) is 0 Å². The van der Waals surface area contributed by atoms with E-state index in [1.54, 1.807) is 0 Å². The number of rotatable bonds is 6. The van der Waals surface area contributed by atoms with Gasteiger partial charge in [-0.25, -0.2) is 0 Å². The topological polar surface area (TPSA) is 38.7 Å². The summed E-state index contributed by atoms with van der Waals surface area (Å²) >= 11 is 0. The van der Waals surface area contributed by atoms with Crippen LogP contribution in [0, 0.1) is 0 Å². The number of hydrogen-bond acceptors (Lipinski definition) is 3. The molecule has 18 heavy (non-hydrogen) atoms. The van der Waals surface area contributed by atoms with Crippen molar-refractivity contribution in [3.8, 4) is 0 Å². The molecular weight excluding hydrogens is 260 g/mol. The summed E-state index contributed by atoms with van der Waals surface area (Å²) < 4.78 is 12.4. The first-order chi connectivity index (χ1) is 7.62. The van der Waals surface area contributed by atoms with Gasteiger partial charge < -0.3 is 14.0 Å². The Bertz CT molecular complexity index is 278. The Hall–Kier alpha value is 0.314. The summed E-state index contributed by atoms with van der Waals surface area (Å²) in [7, 11) is -4.44. The largest absolute Gasteiger partial charge is 0.429 e. The summed E-state index contributed by atoms with van der Waals surface area (Å²) in [6.45, 7) is 20.5. The van der Waals surface area contributed by atoms with E-state index in [1.807, 2.05) is 40.8 Å². The van der Waals surface area contributed by atoms with Gasteiger partial charge in [0.2, 0.25) is 16.6 Å². The van der Waals surface area contributed by atoms with E-state index >= 15 is 0 Å². The molecule has 0 saturated heterocycles. The van der Waals surface area contributed by atoms with Crippen molar-refractivity contribution in [1.82, 2.24) is 0 Å². The van der Waals surface area contributed by atoms with E-state index in [-0.39, 0.29) is 11.3 Å². The van der Waals surface area contributed by atoms with Gasteiger partial charge in [0.05, 0.1) is 16.6 Å². The standard InChI is InChI=1S/C13H32O3Si2/c1-11(2)15-12(3,4)18(9,10)16-13(5,6)17(7,8)14/h11,14H,1-10H3. The molecule has 0 aromatic rings. The molecule has 0 bridgehead atoms. The van der Waals surface area contributed by atoms with Gasteiger partial charge in [0, 0.05) is 0 Å². The fraction of sp³-hybridized carbons (Fsp3) is 1.00. The minimum absolute atomic E-state index is 0.179. The Labute approximate surface area is 115 Å². The van der Waals surface area contributed by atoms with E-state index in [0.29, 0.717) is 0 Å². The first kappa shape index (κ1) is 18.3. The Morgan fingerprint density at radius 1 is 0.889 bits per heavy atom. The summed E-state index contributed by atoms with van der Waals surface area (Å²) in [4.78, 5) is 10.4. The highest BCUT2D eigenvalue weighted by Gasteiger charge is 2.50. The minimum Gasteiger partial charge on any atom is -0.429 e. The third-order valence-corrected chi connectivity index (χ3v) is 11.3. The molecule has 110 valence electrons. The van der Waals surface area contributed by atoms with Crippen molar-refractivity contribution < 1.29 is 14.0 Å². The van der Waals surface area contributed by atoms with Gasteiger partial charge >= 0.3 is 0 Å². The van der Waals surface area contributed by atoms with E-state index in [4.69, 9.17) is 9.16 Å². The first-order valence-corrected chi connectivity index (χ1v) is 12.6. The first-order valence-electron chi connectivity index (χ1n) is 6.73. The van der Waals surface area contributed by atoms with E-state index in [9.17, 15) is 4.80 Å². The Kier molecular flexibility index (Phi) is 5.46. The van der Waals surface area contributed by atoms with E-state index in [1.165, 1.54) is 0 Å². The quantitative estimate of drug-likeness (QED) is 0.762. The van der Waals surface area contributed by atoms with Crippen LogP contribution in [0.25, 0.3) is 0 Å². The molecule has 0 aliphatic rings. The van der Waals surface area contributed by atoms with E-state index < -0.39 is 21.9 Å². The number of hydrogen-bond donors (Lipinski definition) is 1. The van der Waals surface area contributed by atoms with Gasteiger partial charge in [0.15, 0.2) is 0 Å². The molecule has 0 radical (unpaired) electrons. The van der Waals surface area contributed by atoms with Gasteiger partial charge in [-0.3, -0.25) is 0 Å². The molecule has 0 aromatic carbocycles. The lowest BCUT2D eigenvalue weighted by atomic mass is 10.4. The SMILES string of the molecule is CC(C)OC(C)(C)[Si](C)(C)OC(C)(C)[Si](C)(C)O. The van der Waals surface area contributed by atoms with Gasteiger partial charge in [-0.05, 0) is 67.7 Å². The molecule has 0 atom stereocenters. The van der Waals surface area contributed by atoms with Crippen LogP contribution >= 0.6 is 0 Å². The van der Waals surface area contributed by atoms with Crippen molar-refractivity contribution in [2.24, 2.45) is 0 Å². The lowest BCUT2D eigenvalue weighted by Crippen LogP contribution is -2.64. The molecule has 3 nitrogen and oxygen atoms in total. The van der Waals surface area contributed by atoms with Crippen molar-refractivity contribution in [3.05, 3.63) is 0 Å². The minimum atomic E-state index is -2.36.